The fraction of sp³-hybridized carbons (Fsp3) is 0.481. The Bertz CT molecular complexity index is 2430. The zero-order valence-corrected chi connectivity index (χ0v) is 41.5. The van der Waals surface area contributed by atoms with E-state index in [0.29, 0.717) is 13.1 Å². The minimum absolute atomic E-state index is 0.0276. The van der Waals surface area contributed by atoms with Crippen molar-refractivity contribution in [3.8, 4) is 22.5 Å². The van der Waals surface area contributed by atoms with Crippen LogP contribution in [-0.2, 0) is 24.5 Å². The molecule has 2 aromatic heterocycles. The number of alkyl carbamates (subject to hydrolysis) is 2. The van der Waals surface area contributed by atoms with Crippen molar-refractivity contribution < 1.29 is 28.7 Å². The molecule has 15 nitrogen and oxygen atoms in total. The minimum atomic E-state index is -0.688. The van der Waals surface area contributed by atoms with E-state index in [2.05, 4.69) is 119 Å². The summed E-state index contributed by atoms with van der Waals surface area (Å²) < 4.78 is 9.63. The van der Waals surface area contributed by atoms with Gasteiger partial charge in [-0.05, 0) is 96.7 Å². The Balaban J connectivity index is 1.00. The Morgan fingerprint density at radius 1 is 0.594 bits per heavy atom. The topological polar surface area (TPSA) is 178 Å². The molecule has 2 unspecified atom stereocenters. The Hall–Kier alpha value is -6.64. The number of aromatic amines is 2. The van der Waals surface area contributed by atoms with Gasteiger partial charge in [-0.15, -0.1) is 0 Å². The maximum Gasteiger partial charge on any atom is 0.407 e. The highest BCUT2D eigenvalue weighted by molar-refractivity contribution is 5.87. The molecule has 0 bridgehead atoms. The van der Waals surface area contributed by atoms with Gasteiger partial charge in [-0.25, -0.2) is 9.59 Å². The number of H-pyrrole nitrogens is 2. The smallest absolute Gasteiger partial charge is 0.407 e. The van der Waals surface area contributed by atoms with Crippen molar-refractivity contribution in [2.45, 2.75) is 129 Å². The second-order valence-electron chi connectivity index (χ2n) is 20.6. The van der Waals surface area contributed by atoms with E-state index in [1.165, 1.54) is 36.6 Å². The van der Waals surface area contributed by atoms with Gasteiger partial charge in [0, 0.05) is 29.9 Å². The largest absolute Gasteiger partial charge is 0.453 e. The molecule has 0 radical (unpaired) electrons. The zero-order chi connectivity index (χ0) is 49.1. The van der Waals surface area contributed by atoms with E-state index in [1.54, 1.807) is 0 Å². The third-order valence-corrected chi connectivity index (χ3v) is 14.4. The molecule has 5 heterocycles. The summed E-state index contributed by atoms with van der Waals surface area (Å²) >= 11 is 0. The normalized spacial score (nSPS) is 20.4. The average Bonchev–Trinajstić information content (AvgIpc) is 4.21. The molecule has 5 aromatic rings. The number of amides is 4. The Morgan fingerprint density at radius 3 is 1.36 bits per heavy atom. The molecule has 8 rings (SSSR count). The van der Waals surface area contributed by atoms with Crippen LogP contribution in [0.15, 0.2) is 84.9 Å². The summed E-state index contributed by atoms with van der Waals surface area (Å²) in [5.41, 5.74) is 10.3. The van der Waals surface area contributed by atoms with E-state index in [-0.39, 0.29) is 53.2 Å². The molecular formula is C54H69N9O6. The van der Waals surface area contributed by atoms with Crippen molar-refractivity contribution in [2.75, 3.05) is 32.2 Å². The van der Waals surface area contributed by atoms with Crippen LogP contribution in [0.2, 0.25) is 0 Å². The van der Waals surface area contributed by atoms with Crippen LogP contribution < -0.4 is 15.5 Å². The SMILES string of the molecule is COC(=O)N[C@H](C(=O)N1CCC[C@H]1c1cc(-c2ccc(C3CCC(c4ccc(-c5cc([C@@H]6CCCN6C(=O)[C@@H](NC(=O)OC)C(C)C)[nH]n5)cc4)N3c3ccc(C(C)(C)C)cc3)cc2)n[nH]1)C(C)C. The van der Waals surface area contributed by atoms with Crippen molar-refractivity contribution in [1.29, 1.82) is 0 Å². The second kappa shape index (κ2) is 20.5. The summed E-state index contributed by atoms with van der Waals surface area (Å²) in [6.45, 7) is 15.6. The van der Waals surface area contributed by atoms with E-state index in [1.807, 2.05) is 49.6 Å². The van der Waals surface area contributed by atoms with Gasteiger partial charge in [0.15, 0.2) is 0 Å². The number of nitrogens with zero attached hydrogens (tertiary/aromatic N) is 5. The molecule has 15 heteroatoms. The Labute approximate surface area is 406 Å². The maximum absolute atomic E-state index is 13.8. The lowest BCUT2D eigenvalue weighted by molar-refractivity contribution is -0.136. The number of likely N-dealkylation sites (tertiary alicyclic amines) is 2. The van der Waals surface area contributed by atoms with Crippen LogP contribution in [0, 0.1) is 11.8 Å². The third-order valence-electron chi connectivity index (χ3n) is 14.4. The lowest BCUT2D eigenvalue weighted by Gasteiger charge is -2.34. The Kier molecular flexibility index (Phi) is 14.5. The third kappa shape index (κ3) is 10.4. The number of rotatable bonds is 13. The van der Waals surface area contributed by atoms with Gasteiger partial charge in [-0.3, -0.25) is 19.8 Å². The van der Waals surface area contributed by atoms with Crippen molar-refractivity contribution in [3.63, 3.8) is 0 Å². The quantitative estimate of drug-likeness (QED) is 0.0895. The highest BCUT2D eigenvalue weighted by Gasteiger charge is 2.40. The van der Waals surface area contributed by atoms with Gasteiger partial charge in [-0.2, -0.15) is 10.2 Å². The second-order valence-corrected chi connectivity index (χ2v) is 20.6. The number of aromatic nitrogens is 4. The predicted molar refractivity (Wildman–Crippen MR) is 266 cm³/mol. The van der Waals surface area contributed by atoms with Crippen LogP contribution in [0.5, 0.6) is 0 Å². The standard InChI is InChI=1S/C54H69N9O6/c1-32(2)48(55-52(66)68-8)50(64)61-28-10-12-46(61)42-30-40(57-59-42)34-14-18-36(19-15-34)44-26-27-45(63(44)39-24-22-38(23-25-39)54(5,6)7)37-20-16-35(17-21-37)41-31-43(60-58-41)47-13-11-29-62(47)51(65)49(33(3)4)56-53(67)69-9/h14-25,30-33,44-49H,10-13,26-29H2,1-9H3,(H,55,66)(H,56,67)(H,57,59)(H,58,60)/t44?,45?,46-,47-,48-,49-/m0/s1. The van der Waals surface area contributed by atoms with Crippen molar-refractivity contribution in [2.24, 2.45) is 11.8 Å². The van der Waals surface area contributed by atoms with E-state index >= 15 is 0 Å². The molecular weight excluding hydrogens is 871 g/mol. The van der Waals surface area contributed by atoms with E-state index < -0.39 is 24.3 Å². The summed E-state index contributed by atoms with van der Waals surface area (Å²) in [6.07, 6.45) is 4.04. The molecule has 0 spiro atoms. The number of ether oxygens (including phenoxy) is 2. The maximum atomic E-state index is 13.8. The van der Waals surface area contributed by atoms with Crippen LogP contribution in [0.4, 0.5) is 15.3 Å². The number of anilines is 1. The molecule has 3 aromatic carbocycles. The first-order chi connectivity index (χ1) is 33.1. The van der Waals surface area contributed by atoms with Gasteiger partial charge in [-0.1, -0.05) is 109 Å². The summed E-state index contributed by atoms with van der Waals surface area (Å²) in [5, 5.41) is 21.4. The fourth-order valence-corrected chi connectivity index (χ4v) is 10.5. The van der Waals surface area contributed by atoms with Crippen molar-refractivity contribution >= 4 is 29.7 Å². The highest BCUT2D eigenvalue weighted by Crippen LogP contribution is 2.48. The Morgan fingerprint density at radius 2 is 1.00 bits per heavy atom. The van der Waals surface area contributed by atoms with E-state index in [4.69, 9.17) is 19.7 Å². The number of benzene rings is 3. The van der Waals surface area contributed by atoms with Crippen LogP contribution >= 0.6 is 0 Å². The molecule has 69 heavy (non-hydrogen) atoms. The molecule has 0 aliphatic carbocycles. The lowest BCUT2D eigenvalue weighted by Crippen LogP contribution is -2.51. The van der Waals surface area contributed by atoms with Gasteiger partial charge in [0.05, 0.1) is 61.2 Å². The first kappa shape index (κ1) is 48.8. The molecule has 6 atom stereocenters. The first-order valence-electron chi connectivity index (χ1n) is 24.6. The van der Waals surface area contributed by atoms with E-state index in [0.717, 1.165) is 72.4 Å². The van der Waals surface area contributed by atoms with Crippen LogP contribution in [0.1, 0.15) is 139 Å². The average molecular weight is 940 g/mol. The zero-order valence-electron chi connectivity index (χ0n) is 41.5. The molecule has 4 N–H and O–H groups in total. The summed E-state index contributed by atoms with van der Waals surface area (Å²) in [6, 6.07) is 29.2. The van der Waals surface area contributed by atoms with Crippen LogP contribution in [0.3, 0.4) is 0 Å². The highest BCUT2D eigenvalue weighted by atomic mass is 16.5. The van der Waals surface area contributed by atoms with Gasteiger partial charge in [0.2, 0.25) is 11.8 Å². The number of hydrogen-bond donors (Lipinski definition) is 4. The lowest BCUT2D eigenvalue weighted by atomic mass is 9.87. The van der Waals surface area contributed by atoms with Gasteiger partial charge in [0.1, 0.15) is 12.1 Å². The summed E-state index contributed by atoms with van der Waals surface area (Å²) in [4.78, 5) is 58.0. The first-order valence-corrected chi connectivity index (χ1v) is 24.6. The van der Waals surface area contributed by atoms with Crippen LogP contribution in [0.25, 0.3) is 22.5 Å². The van der Waals surface area contributed by atoms with Gasteiger partial charge < -0.3 is 34.8 Å². The predicted octanol–water partition coefficient (Wildman–Crippen LogP) is 9.94. The molecule has 3 aliphatic rings. The number of nitrogens with one attached hydrogen (secondary N) is 4. The molecule has 3 fully saturated rings. The molecule has 3 saturated heterocycles. The molecule has 0 saturated carbocycles. The van der Waals surface area contributed by atoms with Gasteiger partial charge in [0.25, 0.3) is 0 Å². The number of carbonyl (C=O) groups is 4. The van der Waals surface area contributed by atoms with Crippen molar-refractivity contribution in [3.05, 3.63) is 113 Å². The molecule has 4 amide bonds. The summed E-state index contributed by atoms with van der Waals surface area (Å²) in [5.74, 6) is -0.456. The van der Waals surface area contributed by atoms with E-state index in [9.17, 15) is 19.2 Å². The minimum Gasteiger partial charge on any atom is -0.453 e. The molecule has 366 valence electrons. The molecule has 3 aliphatic heterocycles. The van der Waals surface area contributed by atoms with Crippen LogP contribution in [-0.4, -0.2) is 93.6 Å². The van der Waals surface area contributed by atoms with Gasteiger partial charge >= 0.3 is 12.2 Å². The fourth-order valence-electron chi connectivity index (χ4n) is 10.5. The van der Waals surface area contributed by atoms with Crippen molar-refractivity contribution in [1.82, 2.24) is 40.8 Å². The monoisotopic (exact) mass is 940 g/mol. The number of methoxy groups -OCH3 is 2. The number of hydrogen-bond acceptors (Lipinski definition) is 9. The summed E-state index contributed by atoms with van der Waals surface area (Å²) in [7, 11) is 2.61. The number of carbonyl (C=O) groups excluding carboxylic acids is 4.